The van der Waals surface area contributed by atoms with Gasteiger partial charge < -0.3 is 4.74 Å². The Balaban J connectivity index is 2.25. The normalized spacial score (nSPS) is 11.7. The lowest BCUT2D eigenvalue weighted by atomic mass is 10.3. The summed E-state index contributed by atoms with van der Waals surface area (Å²) in [7, 11) is -2.38. The van der Waals surface area contributed by atoms with Gasteiger partial charge in [-0.05, 0) is 19.9 Å². The minimum atomic E-state index is -3.81. The van der Waals surface area contributed by atoms with Crippen molar-refractivity contribution in [3.8, 4) is 5.75 Å². The van der Waals surface area contributed by atoms with E-state index in [4.69, 9.17) is 27.9 Å². The molecule has 0 amide bonds. The first-order valence-corrected chi connectivity index (χ1v) is 9.08. The lowest BCUT2D eigenvalue weighted by Crippen LogP contribution is -2.23. The van der Waals surface area contributed by atoms with Crippen LogP contribution in [-0.4, -0.2) is 25.3 Å². The third kappa shape index (κ3) is 3.98. The number of aromatic nitrogens is 2. The summed E-state index contributed by atoms with van der Waals surface area (Å²) in [6.45, 7) is 4.62. The van der Waals surface area contributed by atoms with E-state index in [0.29, 0.717) is 12.3 Å². The molecule has 0 aliphatic rings. The number of ether oxygens (including phenoxy) is 1. The van der Waals surface area contributed by atoms with Gasteiger partial charge in [0.2, 0.25) is 10.0 Å². The van der Waals surface area contributed by atoms with Crippen molar-refractivity contribution in [2.24, 2.45) is 0 Å². The van der Waals surface area contributed by atoms with Gasteiger partial charge in [-0.1, -0.05) is 23.2 Å². The van der Waals surface area contributed by atoms with Crippen LogP contribution in [0.1, 0.15) is 18.2 Å². The molecule has 0 unspecified atom stereocenters. The maximum atomic E-state index is 12.4. The minimum absolute atomic E-state index is 0.0414. The quantitative estimate of drug-likeness (QED) is 0.839. The summed E-state index contributed by atoms with van der Waals surface area (Å²) >= 11 is 12.0. The fraction of sp³-hybridized carbons (Fsp3) is 0.357. The zero-order chi connectivity index (χ0) is 17.2. The summed E-state index contributed by atoms with van der Waals surface area (Å²) in [5.74, 6) is 0.315. The molecule has 2 rings (SSSR count). The molecule has 23 heavy (non-hydrogen) atoms. The van der Waals surface area contributed by atoms with E-state index in [2.05, 4.69) is 9.82 Å². The molecule has 0 bridgehead atoms. The van der Waals surface area contributed by atoms with Crippen LogP contribution in [-0.2, 0) is 23.1 Å². The monoisotopic (exact) mass is 377 g/mol. The summed E-state index contributed by atoms with van der Waals surface area (Å²) in [6, 6.07) is 2.65. The molecule has 0 saturated heterocycles. The lowest BCUT2D eigenvalue weighted by molar-refractivity contribution is 0.414. The fourth-order valence-corrected chi connectivity index (χ4v) is 3.87. The van der Waals surface area contributed by atoms with E-state index in [1.54, 1.807) is 10.9 Å². The Labute approximate surface area is 145 Å². The van der Waals surface area contributed by atoms with Gasteiger partial charge >= 0.3 is 0 Å². The highest BCUT2D eigenvalue weighted by atomic mass is 35.5. The Morgan fingerprint density at radius 2 is 2.00 bits per heavy atom. The van der Waals surface area contributed by atoms with Crippen molar-refractivity contribution in [3.63, 3.8) is 0 Å². The fourth-order valence-electron chi connectivity index (χ4n) is 2.02. The van der Waals surface area contributed by atoms with Crippen LogP contribution in [0.4, 0.5) is 0 Å². The largest absolute Gasteiger partial charge is 0.495 e. The van der Waals surface area contributed by atoms with E-state index in [9.17, 15) is 8.42 Å². The number of hydrogen-bond donors (Lipinski definition) is 1. The van der Waals surface area contributed by atoms with Crippen molar-refractivity contribution in [1.82, 2.24) is 14.5 Å². The van der Waals surface area contributed by atoms with Crippen LogP contribution in [0.25, 0.3) is 0 Å². The molecular weight excluding hydrogens is 361 g/mol. The predicted molar refractivity (Wildman–Crippen MR) is 89.7 cm³/mol. The third-order valence-electron chi connectivity index (χ3n) is 3.32. The highest BCUT2D eigenvalue weighted by molar-refractivity contribution is 7.89. The van der Waals surface area contributed by atoms with E-state index < -0.39 is 10.0 Å². The molecule has 126 valence electrons. The summed E-state index contributed by atoms with van der Waals surface area (Å²) in [6.07, 6.45) is 1.81. The molecule has 0 spiro atoms. The Hall–Kier alpha value is -1.28. The van der Waals surface area contributed by atoms with Gasteiger partial charge in [-0.15, -0.1) is 0 Å². The molecule has 6 nitrogen and oxygen atoms in total. The van der Waals surface area contributed by atoms with Gasteiger partial charge in [-0.2, -0.15) is 5.10 Å². The van der Waals surface area contributed by atoms with Gasteiger partial charge in [0, 0.05) is 30.9 Å². The van der Waals surface area contributed by atoms with E-state index in [1.807, 2.05) is 13.8 Å². The number of benzene rings is 1. The zero-order valence-electron chi connectivity index (χ0n) is 12.9. The number of sulfonamides is 1. The molecule has 0 radical (unpaired) electrons. The van der Waals surface area contributed by atoms with Crippen LogP contribution in [0.15, 0.2) is 23.2 Å². The van der Waals surface area contributed by atoms with E-state index in [1.165, 1.54) is 19.2 Å². The number of methoxy groups -OCH3 is 1. The van der Waals surface area contributed by atoms with Gasteiger partial charge in [0.05, 0.1) is 22.8 Å². The predicted octanol–water partition coefficient (Wildman–Crippen LogP) is 3.01. The minimum Gasteiger partial charge on any atom is -0.495 e. The first-order valence-electron chi connectivity index (χ1n) is 6.84. The SMILES string of the molecule is CCn1cc(CNS(=O)(=O)c2cc(Cl)c(OC)cc2Cl)c(C)n1. The van der Waals surface area contributed by atoms with Crippen LogP contribution in [0.5, 0.6) is 5.75 Å². The van der Waals surface area contributed by atoms with E-state index in [-0.39, 0.29) is 21.5 Å². The first-order chi connectivity index (χ1) is 10.8. The molecule has 1 heterocycles. The van der Waals surface area contributed by atoms with E-state index in [0.717, 1.165) is 11.3 Å². The molecular formula is C14H17Cl2N3O3S. The second-order valence-electron chi connectivity index (χ2n) is 4.84. The number of halogens is 2. The van der Waals surface area contributed by atoms with Crippen LogP contribution in [0.2, 0.25) is 10.0 Å². The van der Waals surface area contributed by atoms with Gasteiger partial charge in [-0.3, -0.25) is 4.68 Å². The van der Waals surface area contributed by atoms with Crippen molar-refractivity contribution < 1.29 is 13.2 Å². The molecule has 1 aromatic carbocycles. The summed E-state index contributed by atoms with van der Waals surface area (Å²) < 4.78 is 34.2. The summed E-state index contributed by atoms with van der Waals surface area (Å²) in [4.78, 5) is -0.0921. The van der Waals surface area contributed by atoms with Crippen molar-refractivity contribution in [2.45, 2.75) is 31.8 Å². The highest BCUT2D eigenvalue weighted by Gasteiger charge is 2.21. The Bertz CT molecular complexity index is 819. The summed E-state index contributed by atoms with van der Waals surface area (Å²) in [5, 5.41) is 4.49. The Kier molecular flexibility index (Phi) is 5.57. The average Bonchev–Trinajstić information content (AvgIpc) is 2.87. The van der Waals surface area contributed by atoms with Gasteiger partial charge in [0.1, 0.15) is 10.6 Å². The number of nitrogens with zero attached hydrogens (tertiary/aromatic N) is 2. The molecule has 1 N–H and O–H groups in total. The Morgan fingerprint density at radius 1 is 1.30 bits per heavy atom. The second kappa shape index (κ2) is 7.09. The van der Waals surface area contributed by atoms with Crippen molar-refractivity contribution >= 4 is 33.2 Å². The van der Waals surface area contributed by atoms with Crippen molar-refractivity contribution in [3.05, 3.63) is 39.6 Å². The highest BCUT2D eigenvalue weighted by Crippen LogP contribution is 2.33. The number of aryl methyl sites for hydroxylation is 2. The molecule has 0 aliphatic heterocycles. The van der Waals surface area contributed by atoms with Crippen LogP contribution in [0.3, 0.4) is 0 Å². The van der Waals surface area contributed by atoms with Crippen molar-refractivity contribution in [2.75, 3.05) is 7.11 Å². The maximum absolute atomic E-state index is 12.4. The number of hydrogen-bond acceptors (Lipinski definition) is 4. The molecule has 9 heteroatoms. The third-order valence-corrected chi connectivity index (χ3v) is 5.48. The summed E-state index contributed by atoms with van der Waals surface area (Å²) in [5.41, 5.74) is 1.57. The molecule has 0 atom stereocenters. The van der Waals surface area contributed by atoms with Crippen LogP contribution < -0.4 is 9.46 Å². The molecule has 0 saturated carbocycles. The lowest BCUT2D eigenvalue weighted by Gasteiger charge is -2.10. The van der Waals surface area contributed by atoms with Crippen LogP contribution >= 0.6 is 23.2 Å². The Morgan fingerprint density at radius 3 is 2.57 bits per heavy atom. The van der Waals surface area contributed by atoms with E-state index >= 15 is 0 Å². The standard InChI is InChI=1S/C14H17Cl2N3O3S/c1-4-19-8-10(9(2)18-19)7-17-23(20,21)14-6-11(15)13(22-3)5-12(14)16/h5-6,8,17H,4,7H2,1-3H3. The smallest absolute Gasteiger partial charge is 0.242 e. The first kappa shape index (κ1) is 18.1. The van der Waals surface area contributed by atoms with Crippen molar-refractivity contribution in [1.29, 1.82) is 0 Å². The topological polar surface area (TPSA) is 73.2 Å². The maximum Gasteiger partial charge on any atom is 0.242 e. The number of rotatable bonds is 6. The average molecular weight is 378 g/mol. The van der Waals surface area contributed by atoms with Gasteiger partial charge in [0.25, 0.3) is 0 Å². The van der Waals surface area contributed by atoms with Gasteiger partial charge in [-0.25, -0.2) is 13.1 Å². The van der Waals surface area contributed by atoms with Crippen LogP contribution in [0, 0.1) is 6.92 Å². The molecule has 1 aromatic heterocycles. The zero-order valence-corrected chi connectivity index (χ0v) is 15.3. The molecule has 2 aromatic rings. The molecule has 0 fully saturated rings. The molecule has 0 aliphatic carbocycles. The second-order valence-corrected chi connectivity index (χ2v) is 7.39. The van der Waals surface area contributed by atoms with Gasteiger partial charge in [0.15, 0.2) is 0 Å². The number of nitrogens with one attached hydrogen (secondary N) is 1.